The van der Waals surface area contributed by atoms with Crippen LogP contribution in [-0.2, 0) is 0 Å². The van der Waals surface area contributed by atoms with Crippen molar-refractivity contribution < 1.29 is 9.13 Å². The first kappa shape index (κ1) is 13.1. The molecule has 1 nitrogen and oxygen atoms in total. The zero-order chi connectivity index (χ0) is 12.4. The molecule has 0 aliphatic rings. The molecular formula is C12H9Br2FOS. The molecule has 5 heteroatoms. The summed E-state index contributed by atoms with van der Waals surface area (Å²) in [5.74, 6) is 0.591. The van der Waals surface area contributed by atoms with Crippen LogP contribution in [0.5, 0.6) is 5.75 Å². The molecule has 1 aromatic carbocycles. The van der Waals surface area contributed by atoms with Crippen LogP contribution in [-0.4, -0.2) is 7.11 Å². The quantitative estimate of drug-likeness (QED) is 0.670. The first-order valence-electron chi connectivity index (χ1n) is 4.83. The molecule has 0 spiro atoms. The van der Waals surface area contributed by atoms with Gasteiger partial charge in [-0.2, -0.15) is 0 Å². The van der Waals surface area contributed by atoms with Crippen LogP contribution in [0.2, 0.25) is 0 Å². The second-order valence-corrected chi connectivity index (χ2v) is 6.14. The molecule has 1 aromatic heterocycles. The number of alkyl halides is 1. The van der Waals surface area contributed by atoms with E-state index in [1.165, 1.54) is 6.07 Å². The van der Waals surface area contributed by atoms with Crippen LogP contribution < -0.4 is 4.74 Å². The molecule has 17 heavy (non-hydrogen) atoms. The van der Waals surface area contributed by atoms with Crippen molar-refractivity contribution >= 4 is 43.2 Å². The van der Waals surface area contributed by atoms with Crippen LogP contribution in [0.3, 0.4) is 0 Å². The molecular weight excluding hydrogens is 371 g/mol. The standard InChI is InChI=1S/C12H9Br2FOS/c1-16-8-5-11(17-6-8)12(14)7-2-3-10(15)9(13)4-7/h2-6,12H,1H3. The lowest BCUT2D eigenvalue weighted by atomic mass is 10.1. The molecule has 0 N–H and O–H groups in total. The summed E-state index contributed by atoms with van der Waals surface area (Å²) in [6, 6.07) is 6.98. The lowest BCUT2D eigenvalue weighted by Gasteiger charge is -2.08. The van der Waals surface area contributed by atoms with Gasteiger partial charge in [-0.15, -0.1) is 11.3 Å². The zero-order valence-electron chi connectivity index (χ0n) is 8.91. The number of hydrogen-bond donors (Lipinski definition) is 0. The number of ether oxygens (including phenoxy) is 1. The molecule has 2 rings (SSSR count). The van der Waals surface area contributed by atoms with E-state index < -0.39 is 0 Å². The van der Waals surface area contributed by atoms with Crippen molar-refractivity contribution in [2.75, 3.05) is 7.11 Å². The Bertz CT molecular complexity index is 527. The minimum absolute atomic E-state index is 0.0494. The van der Waals surface area contributed by atoms with E-state index >= 15 is 0 Å². The normalized spacial score (nSPS) is 12.5. The van der Waals surface area contributed by atoms with Crippen molar-refractivity contribution in [2.45, 2.75) is 4.83 Å². The second-order valence-electron chi connectivity index (χ2n) is 3.43. The number of halogens is 3. The maximum atomic E-state index is 13.1. The summed E-state index contributed by atoms with van der Waals surface area (Å²) in [4.78, 5) is 1.17. The first-order chi connectivity index (χ1) is 8.11. The van der Waals surface area contributed by atoms with Crippen molar-refractivity contribution in [1.29, 1.82) is 0 Å². The predicted octanol–water partition coefficient (Wildman–Crippen LogP) is 5.14. The summed E-state index contributed by atoms with van der Waals surface area (Å²) in [5.41, 5.74) is 1.00. The van der Waals surface area contributed by atoms with E-state index in [9.17, 15) is 4.39 Å². The molecule has 1 unspecified atom stereocenters. The van der Waals surface area contributed by atoms with Gasteiger partial charge in [0.05, 0.1) is 16.4 Å². The first-order valence-corrected chi connectivity index (χ1v) is 7.42. The van der Waals surface area contributed by atoms with Gasteiger partial charge in [0.1, 0.15) is 11.6 Å². The molecule has 0 bridgehead atoms. The molecule has 0 saturated heterocycles. The van der Waals surface area contributed by atoms with Gasteiger partial charge in [0, 0.05) is 10.3 Å². The number of hydrogen-bond acceptors (Lipinski definition) is 2. The smallest absolute Gasteiger partial charge is 0.137 e. The monoisotopic (exact) mass is 378 g/mol. The van der Waals surface area contributed by atoms with Gasteiger partial charge < -0.3 is 4.74 Å². The predicted molar refractivity (Wildman–Crippen MR) is 75.7 cm³/mol. The summed E-state index contributed by atoms with van der Waals surface area (Å²) in [7, 11) is 1.64. The minimum Gasteiger partial charge on any atom is -0.496 e. The van der Waals surface area contributed by atoms with Crippen molar-refractivity contribution in [3.63, 3.8) is 0 Å². The van der Waals surface area contributed by atoms with E-state index in [1.807, 2.05) is 11.4 Å². The molecule has 0 aliphatic carbocycles. The average Bonchev–Trinajstić information content (AvgIpc) is 2.80. The molecule has 90 valence electrons. The third kappa shape index (κ3) is 2.89. The van der Waals surface area contributed by atoms with E-state index in [1.54, 1.807) is 30.6 Å². The molecule has 1 heterocycles. The highest BCUT2D eigenvalue weighted by molar-refractivity contribution is 9.10. The Balaban J connectivity index is 2.29. The van der Waals surface area contributed by atoms with Crippen LogP contribution in [0, 0.1) is 5.82 Å². The summed E-state index contributed by atoms with van der Waals surface area (Å²) in [6.07, 6.45) is 0. The molecule has 0 amide bonds. The van der Waals surface area contributed by atoms with Crippen LogP contribution in [0.25, 0.3) is 0 Å². The maximum Gasteiger partial charge on any atom is 0.137 e. The number of rotatable bonds is 3. The summed E-state index contributed by atoms with van der Waals surface area (Å²) < 4.78 is 18.8. The van der Waals surface area contributed by atoms with E-state index in [0.717, 1.165) is 16.2 Å². The molecule has 2 aromatic rings. The lowest BCUT2D eigenvalue weighted by Crippen LogP contribution is -1.91. The lowest BCUT2D eigenvalue weighted by molar-refractivity contribution is 0.416. The van der Waals surface area contributed by atoms with Crippen LogP contribution in [0.1, 0.15) is 15.3 Å². The largest absolute Gasteiger partial charge is 0.496 e. The Morgan fingerprint density at radius 1 is 1.35 bits per heavy atom. The highest BCUT2D eigenvalue weighted by Gasteiger charge is 2.14. The Kier molecular flexibility index (Phi) is 4.22. The van der Waals surface area contributed by atoms with Crippen molar-refractivity contribution in [3.05, 3.63) is 50.4 Å². The second kappa shape index (κ2) is 5.50. The highest BCUT2D eigenvalue weighted by atomic mass is 79.9. The van der Waals surface area contributed by atoms with E-state index in [0.29, 0.717) is 4.47 Å². The Morgan fingerprint density at radius 3 is 2.71 bits per heavy atom. The number of benzene rings is 1. The summed E-state index contributed by atoms with van der Waals surface area (Å²) >= 11 is 8.40. The fourth-order valence-electron chi connectivity index (χ4n) is 1.41. The third-order valence-electron chi connectivity index (χ3n) is 2.32. The fraction of sp³-hybridized carbons (Fsp3) is 0.167. The minimum atomic E-state index is -0.253. The molecule has 0 radical (unpaired) electrons. The summed E-state index contributed by atoms with van der Waals surface area (Å²) in [5, 5.41) is 1.95. The summed E-state index contributed by atoms with van der Waals surface area (Å²) in [6.45, 7) is 0. The Labute approximate surface area is 120 Å². The maximum absolute atomic E-state index is 13.1. The van der Waals surface area contributed by atoms with Crippen molar-refractivity contribution in [3.8, 4) is 5.75 Å². The van der Waals surface area contributed by atoms with Gasteiger partial charge in [0.2, 0.25) is 0 Å². The van der Waals surface area contributed by atoms with Crippen LogP contribution in [0.15, 0.2) is 34.1 Å². The van der Waals surface area contributed by atoms with E-state index in [-0.39, 0.29) is 10.6 Å². The average molecular weight is 380 g/mol. The van der Waals surface area contributed by atoms with Gasteiger partial charge in [-0.05, 0) is 39.7 Å². The van der Waals surface area contributed by atoms with Gasteiger partial charge in [-0.3, -0.25) is 0 Å². The Morgan fingerprint density at radius 2 is 2.12 bits per heavy atom. The molecule has 0 fully saturated rings. The van der Waals surface area contributed by atoms with E-state index in [2.05, 4.69) is 31.9 Å². The van der Waals surface area contributed by atoms with E-state index in [4.69, 9.17) is 4.74 Å². The zero-order valence-corrected chi connectivity index (χ0v) is 12.9. The fourth-order valence-corrected chi connectivity index (χ4v) is 3.40. The molecule has 0 saturated carbocycles. The van der Waals surface area contributed by atoms with Gasteiger partial charge in [-0.1, -0.05) is 22.0 Å². The van der Waals surface area contributed by atoms with Crippen molar-refractivity contribution in [2.24, 2.45) is 0 Å². The third-order valence-corrected chi connectivity index (χ3v) is 5.23. The number of thiophene rings is 1. The van der Waals surface area contributed by atoms with Crippen LogP contribution in [0.4, 0.5) is 4.39 Å². The van der Waals surface area contributed by atoms with Gasteiger partial charge in [0.15, 0.2) is 0 Å². The molecule has 0 aliphatic heterocycles. The molecule has 1 atom stereocenters. The van der Waals surface area contributed by atoms with Crippen LogP contribution >= 0.6 is 43.2 Å². The van der Waals surface area contributed by atoms with Crippen molar-refractivity contribution in [1.82, 2.24) is 0 Å². The highest BCUT2D eigenvalue weighted by Crippen LogP contribution is 2.37. The topological polar surface area (TPSA) is 9.23 Å². The Hall–Kier alpha value is -0.390. The number of methoxy groups -OCH3 is 1. The van der Waals surface area contributed by atoms with Gasteiger partial charge in [-0.25, -0.2) is 4.39 Å². The SMILES string of the molecule is COc1csc(C(Br)c2ccc(F)c(Br)c2)c1. The van der Waals surface area contributed by atoms with Gasteiger partial charge in [0.25, 0.3) is 0 Å². The van der Waals surface area contributed by atoms with Gasteiger partial charge >= 0.3 is 0 Å².